The van der Waals surface area contributed by atoms with E-state index in [0.29, 0.717) is 13.0 Å². The van der Waals surface area contributed by atoms with Gasteiger partial charge in [0.15, 0.2) is 0 Å². The van der Waals surface area contributed by atoms with E-state index in [9.17, 15) is 18.5 Å². The largest absolute Gasteiger partial charge is 0.493 e. The summed E-state index contributed by atoms with van der Waals surface area (Å²) in [7, 11) is -3.81. The van der Waals surface area contributed by atoms with Gasteiger partial charge in [-0.1, -0.05) is 24.3 Å². The molecule has 8 heteroatoms. The van der Waals surface area contributed by atoms with Gasteiger partial charge in [0.05, 0.1) is 16.4 Å². The van der Waals surface area contributed by atoms with Crippen molar-refractivity contribution >= 4 is 15.7 Å². The van der Waals surface area contributed by atoms with Crippen LogP contribution in [0, 0.1) is 10.1 Å². The van der Waals surface area contributed by atoms with Crippen LogP contribution in [-0.2, 0) is 10.0 Å². The summed E-state index contributed by atoms with van der Waals surface area (Å²) in [6, 6.07) is 12.5. The Morgan fingerprint density at radius 3 is 2.79 bits per heavy atom. The highest BCUT2D eigenvalue weighted by molar-refractivity contribution is 7.89. The van der Waals surface area contributed by atoms with Crippen LogP contribution in [0.3, 0.4) is 0 Å². The van der Waals surface area contributed by atoms with Gasteiger partial charge in [-0.25, -0.2) is 13.1 Å². The first-order chi connectivity index (χ1) is 11.5. The zero-order chi connectivity index (χ0) is 17.2. The average molecular weight is 348 g/mol. The molecule has 0 radical (unpaired) electrons. The predicted octanol–water partition coefficient (Wildman–Crippen LogP) is 2.44. The maximum Gasteiger partial charge on any atom is 0.270 e. The molecule has 7 nitrogen and oxygen atoms in total. The molecule has 1 aliphatic rings. The van der Waals surface area contributed by atoms with Gasteiger partial charge in [-0.2, -0.15) is 0 Å². The summed E-state index contributed by atoms with van der Waals surface area (Å²) >= 11 is 0. The van der Waals surface area contributed by atoms with Crippen LogP contribution < -0.4 is 9.46 Å². The number of nitro groups is 1. The molecule has 126 valence electrons. The van der Waals surface area contributed by atoms with Crippen LogP contribution in [0.25, 0.3) is 0 Å². The molecule has 1 heterocycles. The molecule has 1 unspecified atom stereocenters. The van der Waals surface area contributed by atoms with Gasteiger partial charge in [0, 0.05) is 24.6 Å². The molecule has 0 aliphatic carbocycles. The fourth-order valence-corrected chi connectivity index (χ4v) is 3.81. The van der Waals surface area contributed by atoms with Crippen LogP contribution in [0.4, 0.5) is 5.69 Å². The Morgan fingerprint density at radius 1 is 1.21 bits per heavy atom. The molecule has 0 saturated heterocycles. The van der Waals surface area contributed by atoms with E-state index in [1.165, 1.54) is 18.2 Å². The smallest absolute Gasteiger partial charge is 0.270 e. The maximum absolute atomic E-state index is 12.4. The van der Waals surface area contributed by atoms with Gasteiger partial charge in [-0.05, 0) is 24.1 Å². The van der Waals surface area contributed by atoms with E-state index >= 15 is 0 Å². The lowest BCUT2D eigenvalue weighted by atomic mass is 9.93. The number of nitrogens with zero attached hydrogens (tertiary/aromatic N) is 1. The summed E-state index contributed by atoms with van der Waals surface area (Å²) in [5.41, 5.74) is 0.708. The molecule has 3 rings (SSSR count). The number of sulfonamides is 1. The van der Waals surface area contributed by atoms with Crippen molar-refractivity contribution in [2.24, 2.45) is 0 Å². The summed E-state index contributed by atoms with van der Waals surface area (Å²) in [6.45, 7) is 0.742. The molecule has 2 aromatic rings. The quantitative estimate of drug-likeness (QED) is 0.661. The van der Waals surface area contributed by atoms with Crippen molar-refractivity contribution in [2.45, 2.75) is 17.2 Å². The van der Waals surface area contributed by atoms with E-state index in [1.807, 2.05) is 24.3 Å². The molecule has 0 amide bonds. The minimum absolute atomic E-state index is 0.00317. The average Bonchev–Trinajstić information content (AvgIpc) is 2.60. The first-order valence-corrected chi connectivity index (χ1v) is 8.91. The van der Waals surface area contributed by atoms with Crippen LogP contribution in [-0.4, -0.2) is 26.5 Å². The van der Waals surface area contributed by atoms with Crippen molar-refractivity contribution in [2.75, 3.05) is 13.2 Å². The number of fused-ring (bicyclic) bond motifs is 1. The van der Waals surface area contributed by atoms with Crippen LogP contribution in [0.5, 0.6) is 5.75 Å². The van der Waals surface area contributed by atoms with Crippen molar-refractivity contribution in [3.05, 3.63) is 64.2 Å². The van der Waals surface area contributed by atoms with Gasteiger partial charge < -0.3 is 4.74 Å². The van der Waals surface area contributed by atoms with Crippen LogP contribution in [0.2, 0.25) is 0 Å². The number of nitrogens with one attached hydrogen (secondary N) is 1. The van der Waals surface area contributed by atoms with Crippen LogP contribution in [0.1, 0.15) is 17.9 Å². The van der Waals surface area contributed by atoms with Gasteiger partial charge in [0.1, 0.15) is 5.75 Å². The molecule has 0 aromatic heterocycles. The Bertz CT molecular complexity index is 866. The standard InChI is InChI=1S/C16H16N2O5S/c19-18(20)13-4-3-5-14(10-13)24(21,22)17-11-12-8-9-23-16-7-2-1-6-15(12)16/h1-7,10,12,17H,8-9,11H2. The molecule has 1 aliphatic heterocycles. The zero-order valence-corrected chi connectivity index (χ0v) is 13.5. The van der Waals surface area contributed by atoms with E-state index in [1.54, 1.807) is 0 Å². The van der Waals surface area contributed by atoms with Gasteiger partial charge in [-0.3, -0.25) is 10.1 Å². The van der Waals surface area contributed by atoms with Crippen molar-refractivity contribution in [3.63, 3.8) is 0 Å². The zero-order valence-electron chi connectivity index (χ0n) is 12.7. The van der Waals surface area contributed by atoms with Gasteiger partial charge in [0.25, 0.3) is 5.69 Å². The Morgan fingerprint density at radius 2 is 2.00 bits per heavy atom. The lowest BCUT2D eigenvalue weighted by Gasteiger charge is -2.25. The van der Waals surface area contributed by atoms with Gasteiger partial charge in [-0.15, -0.1) is 0 Å². The Hall–Kier alpha value is -2.45. The third-order valence-corrected chi connectivity index (χ3v) is 5.36. The van der Waals surface area contributed by atoms with Crippen LogP contribution >= 0.6 is 0 Å². The number of ether oxygens (including phenoxy) is 1. The Labute approximate surface area is 139 Å². The number of hydrogen-bond acceptors (Lipinski definition) is 5. The monoisotopic (exact) mass is 348 g/mol. The second-order valence-corrected chi connectivity index (χ2v) is 7.25. The molecule has 0 spiro atoms. The van der Waals surface area contributed by atoms with E-state index < -0.39 is 14.9 Å². The number of para-hydroxylation sites is 1. The molecular formula is C16H16N2O5S. The number of benzene rings is 2. The number of non-ortho nitro benzene ring substituents is 1. The summed E-state index contributed by atoms with van der Waals surface area (Å²) in [5, 5.41) is 10.8. The van der Waals surface area contributed by atoms with E-state index in [0.717, 1.165) is 17.4 Å². The lowest BCUT2D eigenvalue weighted by Crippen LogP contribution is -2.30. The van der Waals surface area contributed by atoms with Crippen molar-refractivity contribution in [1.29, 1.82) is 0 Å². The number of hydrogen-bond donors (Lipinski definition) is 1. The van der Waals surface area contributed by atoms with E-state index in [4.69, 9.17) is 4.74 Å². The number of nitro benzene ring substituents is 1. The Kier molecular flexibility index (Phi) is 4.50. The molecule has 1 atom stereocenters. The second kappa shape index (κ2) is 6.58. The minimum Gasteiger partial charge on any atom is -0.493 e. The summed E-state index contributed by atoms with van der Waals surface area (Å²) in [5.74, 6) is 0.770. The first-order valence-electron chi connectivity index (χ1n) is 7.43. The normalized spacial score (nSPS) is 16.9. The first kappa shape index (κ1) is 16.4. The molecule has 2 aromatic carbocycles. The lowest BCUT2D eigenvalue weighted by molar-refractivity contribution is -0.385. The van der Waals surface area contributed by atoms with Crippen molar-refractivity contribution < 1.29 is 18.1 Å². The maximum atomic E-state index is 12.4. The molecule has 1 N–H and O–H groups in total. The summed E-state index contributed by atoms with van der Waals surface area (Å²) < 4.78 is 32.9. The third kappa shape index (κ3) is 3.39. The van der Waals surface area contributed by atoms with E-state index in [-0.39, 0.29) is 23.0 Å². The molecule has 24 heavy (non-hydrogen) atoms. The van der Waals surface area contributed by atoms with Crippen molar-refractivity contribution in [1.82, 2.24) is 4.72 Å². The van der Waals surface area contributed by atoms with Gasteiger partial charge >= 0.3 is 0 Å². The molecule has 0 saturated carbocycles. The fourth-order valence-electron chi connectivity index (χ4n) is 2.69. The SMILES string of the molecule is O=[N+]([O-])c1cccc(S(=O)(=O)NCC2CCOc3ccccc32)c1. The van der Waals surface area contributed by atoms with Crippen molar-refractivity contribution in [3.8, 4) is 5.75 Å². The van der Waals surface area contributed by atoms with E-state index in [2.05, 4.69) is 4.72 Å². The van der Waals surface area contributed by atoms with Gasteiger partial charge in [0.2, 0.25) is 10.0 Å². The molecule has 0 fully saturated rings. The van der Waals surface area contributed by atoms with Crippen LogP contribution in [0.15, 0.2) is 53.4 Å². The topological polar surface area (TPSA) is 98.5 Å². The third-order valence-electron chi connectivity index (χ3n) is 3.94. The Balaban J connectivity index is 1.77. The number of rotatable bonds is 5. The second-order valence-electron chi connectivity index (χ2n) is 5.48. The summed E-state index contributed by atoms with van der Waals surface area (Å²) in [6.07, 6.45) is 0.703. The minimum atomic E-state index is -3.81. The molecular weight excluding hydrogens is 332 g/mol. The fraction of sp³-hybridized carbons (Fsp3) is 0.250. The highest BCUT2D eigenvalue weighted by Gasteiger charge is 2.24. The predicted molar refractivity (Wildman–Crippen MR) is 87.6 cm³/mol. The highest BCUT2D eigenvalue weighted by atomic mass is 32.2. The highest BCUT2D eigenvalue weighted by Crippen LogP contribution is 2.33. The summed E-state index contributed by atoms with van der Waals surface area (Å²) in [4.78, 5) is 10.1. The molecule has 0 bridgehead atoms.